The van der Waals surface area contributed by atoms with Crippen molar-refractivity contribution >= 4 is 0 Å². The van der Waals surface area contributed by atoms with Gasteiger partial charge >= 0.3 is 0 Å². The van der Waals surface area contributed by atoms with Crippen LogP contribution in [0, 0.1) is 26.2 Å². The topological polar surface area (TPSA) is 12.0 Å². The quantitative estimate of drug-likeness (QED) is 0.833. The van der Waals surface area contributed by atoms with Gasteiger partial charge < -0.3 is 5.32 Å². The van der Waals surface area contributed by atoms with Gasteiger partial charge in [0, 0.05) is 12.6 Å². The van der Waals surface area contributed by atoms with E-state index in [2.05, 4.69) is 38.2 Å². The molecule has 0 bridgehead atoms. The molecule has 0 aromatic heterocycles. The molecule has 3 rings (SSSR count). The summed E-state index contributed by atoms with van der Waals surface area (Å²) >= 11 is 0. The summed E-state index contributed by atoms with van der Waals surface area (Å²) in [7, 11) is 0. The predicted octanol–water partition coefficient (Wildman–Crippen LogP) is 4.47. The molecule has 0 unspecified atom stereocenters. The monoisotopic (exact) mass is 271 g/mol. The molecule has 0 atom stereocenters. The second kappa shape index (κ2) is 5.52. The standard InChI is InChI=1S/C19H29N/c1-14-10-15(2)18(16(3)11-14)12-19(8-4-5-9-19)13-20-17-6-7-17/h10-11,17,20H,4-9,12-13H2,1-3H3. The SMILES string of the molecule is Cc1cc(C)c(CC2(CNC3CC3)CCCC2)c(C)c1. The van der Waals surface area contributed by atoms with E-state index >= 15 is 0 Å². The van der Waals surface area contributed by atoms with E-state index in [1.807, 2.05) is 0 Å². The Morgan fingerprint density at radius 1 is 1.05 bits per heavy atom. The van der Waals surface area contributed by atoms with Crippen molar-refractivity contribution in [2.45, 2.75) is 71.8 Å². The molecule has 20 heavy (non-hydrogen) atoms. The van der Waals surface area contributed by atoms with Gasteiger partial charge in [0.05, 0.1) is 0 Å². The molecule has 0 radical (unpaired) electrons. The van der Waals surface area contributed by atoms with Crippen molar-refractivity contribution in [3.05, 3.63) is 34.4 Å². The number of hydrogen-bond donors (Lipinski definition) is 1. The number of nitrogens with one attached hydrogen (secondary N) is 1. The zero-order chi connectivity index (χ0) is 14.2. The zero-order valence-electron chi connectivity index (χ0n) is 13.4. The average Bonchev–Trinajstić information content (AvgIpc) is 3.11. The fourth-order valence-corrected chi connectivity index (χ4v) is 4.05. The van der Waals surface area contributed by atoms with Crippen molar-refractivity contribution in [2.24, 2.45) is 5.41 Å². The Hall–Kier alpha value is -0.820. The lowest BCUT2D eigenvalue weighted by molar-refractivity contribution is 0.275. The van der Waals surface area contributed by atoms with E-state index in [0.717, 1.165) is 6.04 Å². The summed E-state index contributed by atoms with van der Waals surface area (Å²) < 4.78 is 0. The first-order valence-electron chi connectivity index (χ1n) is 8.38. The van der Waals surface area contributed by atoms with Gasteiger partial charge in [0.2, 0.25) is 0 Å². The molecule has 1 N–H and O–H groups in total. The van der Waals surface area contributed by atoms with Crippen LogP contribution in [-0.2, 0) is 6.42 Å². The van der Waals surface area contributed by atoms with E-state index in [1.54, 1.807) is 5.56 Å². The van der Waals surface area contributed by atoms with Crippen molar-refractivity contribution in [2.75, 3.05) is 6.54 Å². The molecular formula is C19H29N. The van der Waals surface area contributed by atoms with Crippen LogP contribution in [-0.4, -0.2) is 12.6 Å². The fraction of sp³-hybridized carbons (Fsp3) is 0.684. The van der Waals surface area contributed by atoms with Crippen LogP contribution in [0.2, 0.25) is 0 Å². The van der Waals surface area contributed by atoms with E-state index in [4.69, 9.17) is 0 Å². The fourth-order valence-electron chi connectivity index (χ4n) is 4.05. The lowest BCUT2D eigenvalue weighted by atomic mass is 9.77. The first-order chi connectivity index (χ1) is 9.58. The maximum Gasteiger partial charge on any atom is 0.00684 e. The summed E-state index contributed by atoms with van der Waals surface area (Å²) in [5.74, 6) is 0. The summed E-state index contributed by atoms with van der Waals surface area (Å²) in [5.41, 5.74) is 6.56. The van der Waals surface area contributed by atoms with Gasteiger partial charge in [0.1, 0.15) is 0 Å². The number of benzene rings is 1. The first kappa shape index (κ1) is 14.1. The largest absolute Gasteiger partial charge is 0.313 e. The summed E-state index contributed by atoms with van der Waals surface area (Å²) in [4.78, 5) is 0. The highest BCUT2D eigenvalue weighted by atomic mass is 15.0. The van der Waals surface area contributed by atoms with Crippen molar-refractivity contribution in [3.63, 3.8) is 0 Å². The highest BCUT2D eigenvalue weighted by Crippen LogP contribution is 2.42. The average molecular weight is 271 g/mol. The lowest BCUT2D eigenvalue weighted by Gasteiger charge is -2.31. The third-order valence-corrected chi connectivity index (χ3v) is 5.40. The van der Waals surface area contributed by atoms with Crippen LogP contribution in [0.1, 0.15) is 60.8 Å². The Bertz CT molecular complexity index is 456. The van der Waals surface area contributed by atoms with Crippen LogP contribution in [0.4, 0.5) is 0 Å². The predicted molar refractivity (Wildman–Crippen MR) is 86.3 cm³/mol. The van der Waals surface area contributed by atoms with Gasteiger partial charge in [0.25, 0.3) is 0 Å². The van der Waals surface area contributed by atoms with Crippen LogP contribution >= 0.6 is 0 Å². The molecule has 2 saturated carbocycles. The minimum absolute atomic E-state index is 0.535. The summed E-state index contributed by atoms with van der Waals surface area (Å²) in [6.07, 6.45) is 9.77. The Labute approximate surface area is 124 Å². The van der Waals surface area contributed by atoms with E-state index in [9.17, 15) is 0 Å². The van der Waals surface area contributed by atoms with Crippen molar-refractivity contribution in [1.82, 2.24) is 5.32 Å². The zero-order valence-corrected chi connectivity index (χ0v) is 13.4. The van der Waals surface area contributed by atoms with Gasteiger partial charge in [-0.25, -0.2) is 0 Å². The molecule has 2 fully saturated rings. The second-order valence-corrected chi connectivity index (χ2v) is 7.42. The molecule has 1 nitrogen and oxygen atoms in total. The van der Waals surface area contributed by atoms with Gasteiger partial charge in [-0.1, -0.05) is 30.5 Å². The highest BCUT2D eigenvalue weighted by molar-refractivity contribution is 5.38. The number of aryl methyl sites for hydroxylation is 3. The van der Waals surface area contributed by atoms with Crippen molar-refractivity contribution < 1.29 is 0 Å². The second-order valence-electron chi connectivity index (χ2n) is 7.42. The van der Waals surface area contributed by atoms with Crippen molar-refractivity contribution in [1.29, 1.82) is 0 Å². The number of hydrogen-bond acceptors (Lipinski definition) is 1. The lowest BCUT2D eigenvalue weighted by Crippen LogP contribution is -2.35. The van der Waals surface area contributed by atoms with Gasteiger partial charge in [-0.05, 0) is 75.0 Å². The molecule has 1 heteroatoms. The van der Waals surface area contributed by atoms with E-state index in [1.165, 1.54) is 68.2 Å². The molecule has 2 aliphatic rings. The highest BCUT2D eigenvalue weighted by Gasteiger charge is 2.36. The normalized spacial score (nSPS) is 21.4. The molecule has 2 aliphatic carbocycles. The Balaban J connectivity index is 1.78. The molecule has 1 aromatic carbocycles. The van der Waals surface area contributed by atoms with E-state index in [-0.39, 0.29) is 0 Å². The van der Waals surface area contributed by atoms with Crippen LogP contribution in [0.5, 0.6) is 0 Å². The third-order valence-electron chi connectivity index (χ3n) is 5.40. The van der Waals surface area contributed by atoms with Gasteiger partial charge in [0.15, 0.2) is 0 Å². The molecular weight excluding hydrogens is 242 g/mol. The molecule has 1 aromatic rings. The van der Waals surface area contributed by atoms with E-state index < -0.39 is 0 Å². The summed E-state index contributed by atoms with van der Waals surface area (Å²) in [6.45, 7) is 8.05. The maximum atomic E-state index is 3.81. The molecule has 110 valence electrons. The molecule has 0 saturated heterocycles. The van der Waals surface area contributed by atoms with Crippen LogP contribution in [0.25, 0.3) is 0 Å². The van der Waals surface area contributed by atoms with Crippen LogP contribution in [0.15, 0.2) is 12.1 Å². The van der Waals surface area contributed by atoms with Gasteiger partial charge in [-0.15, -0.1) is 0 Å². The van der Waals surface area contributed by atoms with Gasteiger partial charge in [-0.2, -0.15) is 0 Å². The minimum Gasteiger partial charge on any atom is -0.313 e. The van der Waals surface area contributed by atoms with Crippen LogP contribution < -0.4 is 5.32 Å². The Morgan fingerprint density at radius 2 is 1.65 bits per heavy atom. The first-order valence-corrected chi connectivity index (χ1v) is 8.38. The summed E-state index contributed by atoms with van der Waals surface area (Å²) in [5, 5.41) is 3.81. The molecule has 0 spiro atoms. The minimum atomic E-state index is 0.535. The maximum absolute atomic E-state index is 3.81. The van der Waals surface area contributed by atoms with Crippen LogP contribution in [0.3, 0.4) is 0 Å². The molecule has 0 aliphatic heterocycles. The third kappa shape index (κ3) is 3.09. The van der Waals surface area contributed by atoms with Gasteiger partial charge in [-0.3, -0.25) is 0 Å². The smallest absolute Gasteiger partial charge is 0.00684 e. The molecule has 0 amide bonds. The molecule has 0 heterocycles. The Morgan fingerprint density at radius 3 is 2.20 bits per heavy atom. The van der Waals surface area contributed by atoms with E-state index in [0.29, 0.717) is 5.41 Å². The van der Waals surface area contributed by atoms with Crippen molar-refractivity contribution in [3.8, 4) is 0 Å². The summed E-state index contributed by atoms with van der Waals surface area (Å²) in [6, 6.07) is 5.56. The number of rotatable bonds is 5. The Kier molecular flexibility index (Phi) is 3.90.